The number of aldehydes is 1. The van der Waals surface area contributed by atoms with E-state index in [1.807, 2.05) is 6.07 Å². The monoisotopic (exact) mass is 272 g/mol. The molecule has 3 heteroatoms. The highest BCUT2D eigenvalue weighted by molar-refractivity contribution is 6.30. The maximum Gasteiger partial charge on any atom is 0.153 e. The predicted octanol–water partition coefficient (Wildman–Crippen LogP) is 4.43. The smallest absolute Gasteiger partial charge is 0.153 e. The van der Waals surface area contributed by atoms with Gasteiger partial charge in [-0.3, -0.25) is 4.79 Å². The largest absolute Gasteiger partial charge is 0.457 e. The molecule has 0 radical (unpaired) electrons. The van der Waals surface area contributed by atoms with Crippen LogP contribution in [0.25, 0.3) is 0 Å². The number of aryl methyl sites for hydroxylation is 2. The summed E-state index contributed by atoms with van der Waals surface area (Å²) in [4.78, 5) is 11.0. The summed E-state index contributed by atoms with van der Waals surface area (Å²) in [5.41, 5.74) is 3.24. The standard InChI is InChI=1S/C16H13ClO2/c17-14-6-4-13(10-18)16(9-14)19-15-7-5-11-2-1-3-12(11)8-15/h4-10H,1-3H2. The maximum absolute atomic E-state index is 11.0. The number of hydrogen-bond acceptors (Lipinski definition) is 2. The van der Waals surface area contributed by atoms with Gasteiger partial charge in [0.1, 0.15) is 11.5 Å². The zero-order valence-corrected chi connectivity index (χ0v) is 11.1. The van der Waals surface area contributed by atoms with Gasteiger partial charge in [0.2, 0.25) is 0 Å². The molecule has 0 heterocycles. The van der Waals surface area contributed by atoms with Crippen molar-refractivity contribution in [3.8, 4) is 11.5 Å². The van der Waals surface area contributed by atoms with Gasteiger partial charge in [0.05, 0.1) is 5.56 Å². The van der Waals surface area contributed by atoms with E-state index in [2.05, 4.69) is 12.1 Å². The molecular formula is C16H13ClO2. The zero-order valence-electron chi connectivity index (χ0n) is 10.4. The number of ether oxygens (including phenoxy) is 1. The molecule has 1 aliphatic carbocycles. The normalized spacial score (nSPS) is 13.1. The fourth-order valence-corrected chi connectivity index (χ4v) is 2.59. The molecule has 0 atom stereocenters. The Morgan fingerprint density at radius 2 is 1.89 bits per heavy atom. The fourth-order valence-electron chi connectivity index (χ4n) is 2.43. The van der Waals surface area contributed by atoms with Crippen molar-refractivity contribution in [2.24, 2.45) is 0 Å². The highest BCUT2D eigenvalue weighted by Crippen LogP contribution is 2.31. The lowest BCUT2D eigenvalue weighted by Crippen LogP contribution is -1.92. The van der Waals surface area contributed by atoms with Gasteiger partial charge in [0.25, 0.3) is 0 Å². The Kier molecular flexibility index (Phi) is 3.26. The molecule has 2 nitrogen and oxygen atoms in total. The summed E-state index contributed by atoms with van der Waals surface area (Å²) < 4.78 is 5.79. The fraction of sp³-hybridized carbons (Fsp3) is 0.188. The molecule has 0 bridgehead atoms. The number of hydrogen-bond donors (Lipinski definition) is 0. The molecule has 19 heavy (non-hydrogen) atoms. The quantitative estimate of drug-likeness (QED) is 0.773. The van der Waals surface area contributed by atoms with Gasteiger partial charge in [-0.05, 0) is 54.7 Å². The lowest BCUT2D eigenvalue weighted by atomic mass is 10.1. The highest BCUT2D eigenvalue weighted by Gasteiger charge is 2.12. The van der Waals surface area contributed by atoms with Crippen LogP contribution >= 0.6 is 11.6 Å². The third-order valence-electron chi connectivity index (χ3n) is 3.40. The second-order valence-corrected chi connectivity index (χ2v) is 5.12. The SMILES string of the molecule is O=Cc1ccc(Cl)cc1Oc1ccc2c(c1)CCC2. The van der Waals surface area contributed by atoms with Crippen LogP contribution < -0.4 is 4.74 Å². The first-order valence-corrected chi connectivity index (χ1v) is 6.68. The van der Waals surface area contributed by atoms with E-state index in [0.717, 1.165) is 24.9 Å². The molecule has 0 unspecified atom stereocenters. The van der Waals surface area contributed by atoms with Gasteiger partial charge < -0.3 is 4.74 Å². The minimum Gasteiger partial charge on any atom is -0.457 e. The van der Waals surface area contributed by atoms with Crippen LogP contribution in [0.3, 0.4) is 0 Å². The number of fused-ring (bicyclic) bond motifs is 1. The summed E-state index contributed by atoms with van der Waals surface area (Å²) in [5.74, 6) is 1.26. The van der Waals surface area contributed by atoms with Gasteiger partial charge in [0, 0.05) is 11.1 Å². The van der Waals surface area contributed by atoms with Gasteiger partial charge in [-0.25, -0.2) is 0 Å². The Bertz CT molecular complexity index is 635. The summed E-state index contributed by atoms with van der Waals surface area (Å²) in [5, 5.41) is 0.557. The minimum absolute atomic E-state index is 0.500. The zero-order chi connectivity index (χ0) is 13.2. The van der Waals surface area contributed by atoms with Crippen molar-refractivity contribution >= 4 is 17.9 Å². The molecule has 2 aromatic carbocycles. The topological polar surface area (TPSA) is 26.3 Å². The van der Waals surface area contributed by atoms with E-state index in [-0.39, 0.29) is 0 Å². The predicted molar refractivity (Wildman–Crippen MR) is 75.4 cm³/mol. The van der Waals surface area contributed by atoms with E-state index in [4.69, 9.17) is 16.3 Å². The average molecular weight is 273 g/mol. The lowest BCUT2D eigenvalue weighted by Gasteiger charge is -2.10. The van der Waals surface area contributed by atoms with Crippen molar-refractivity contribution in [1.82, 2.24) is 0 Å². The molecule has 0 N–H and O–H groups in total. The number of benzene rings is 2. The van der Waals surface area contributed by atoms with Gasteiger partial charge in [-0.2, -0.15) is 0 Å². The Balaban J connectivity index is 1.93. The third-order valence-corrected chi connectivity index (χ3v) is 3.64. The van der Waals surface area contributed by atoms with E-state index in [0.29, 0.717) is 16.3 Å². The number of rotatable bonds is 3. The first-order valence-electron chi connectivity index (χ1n) is 6.30. The Morgan fingerprint density at radius 1 is 1.05 bits per heavy atom. The van der Waals surface area contributed by atoms with Crippen LogP contribution in [0.5, 0.6) is 11.5 Å². The lowest BCUT2D eigenvalue weighted by molar-refractivity contribution is 0.112. The molecular weight excluding hydrogens is 260 g/mol. The van der Waals surface area contributed by atoms with Crippen LogP contribution in [0, 0.1) is 0 Å². The highest BCUT2D eigenvalue weighted by atomic mass is 35.5. The Labute approximate surface area is 117 Å². The molecule has 1 aliphatic rings. The van der Waals surface area contributed by atoms with E-state index in [9.17, 15) is 4.79 Å². The van der Waals surface area contributed by atoms with Crippen molar-refractivity contribution in [2.45, 2.75) is 19.3 Å². The molecule has 0 amide bonds. The van der Waals surface area contributed by atoms with Crippen molar-refractivity contribution < 1.29 is 9.53 Å². The molecule has 0 aliphatic heterocycles. The molecule has 3 rings (SSSR count). The second-order valence-electron chi connectivity index (χ2n) is 4.69. The van der Waals surface area contributed by atoms with Gasteiger partial charge in [-0.1, -0.05) is 17.7 Å². The molecule has 96 valence electrons. The molecule has 0 fully saturated rings. The summed E-state index contributed by atoms with van der Waals surface area (Å²) in [6.45, 7) is 0. The van der Waals surface area contributed by atoms with Crippen LogP contribution in [0.4, 0.5) is 0 Å². The van der Waals surface area contributed by atoms with Crippen LogP contribution in [0.1, 0.15) is 27.9 Å². The summed E-state index contributed by atoms with van der Waals surface area (Å²) >= 11 is 5.94. The average Bonchev–Trinajstić information content (AvgIpc) is 2.86. The summed E-state index contributed by atoms with van der Waals surface area (Å²) in [7, 11) is 0. The van der Waals surface area contributed by atoms with Crippen LogP contribution in [-0.4, -0.2) is 6.29 Å². The maximum atomic E-state index is 11.0. The van der Waals surface area contributed by atoms with Crippen molar-refractivity contribution in [3.05, 3.63) is 58.1 Å². The molecule has 0 saturated heterocycles. The third kappa shape index (κ3) is 2.49. The van der Waals surface area contributed by atoms with E-state index >= 15 is 0 Å². The Hall–Kier alpha value is -1.80. The van der Waals surface area contributed by atoms with Gasteiger partial charge >= 0.3 is 0 Å². The van der Waals surface area contributed by atoms with Gasteiger partial charge in [-0.15, -0.1) is 0 Å². The van der Waals surface area contributed by atoms with E-state index < -0.39 is 0 Å². The van der Waals surface area contributed by atoms with E-state index in [1.165, 1.54) is 17.5 Å². The molecule has 0 saturated carbocycles. The van der Waals surface area contributed by atoms with Gasteiger partial charge in [0.15, 0.2) is 6.29 Å². The van der Waals surface area contributed by atoms with Crippen LogP contribution in [-0.2, 0) is 12.8 Å². The number of carbonyl (C=O) groups is 1. The Morgan fingerprint density at radius 3 is 2.74 bits per heavy atom. The summed E-state index contributed by atoms with van der Waals surface area (Å²) in [6, 6.07) is 11.1. The van der Waals surface area contributed by atoms with E-state index in [1.54, 1.807) is 18.2 Å². The van der Waals surface area contributed by atoms with Crippen molar-refractivity contribution in [1.29, 1.82) is 0 Å². The first kappa shape index (κ1) is 12.2. The van der Waals surface area contributed by atoms with Crippen molar-refractivity contribution in [3.63, 3.8) is 0 Å². The van der Waals surface area contributed by atoms with Crippen molar-refractivity contribution in [2.75, 3.05) is 0 Å². The molecule has 2 aromatic rings. The number of carbonyl (C=O) groups excluding carboxylic acids is 1. The second kappa shape index (κ2) is 5.06. The first-order chi connectivity index (χ1) is 9.26. The molecule has 0 aromatic heterocycles. The summed E-state index contributed by atoms with van der Waals surface area (Å²) in [6.07, 6.45) is 4.23. The number of halogens is 1. The van der Waals surface area contributed by atoms with Crippen LogP contribution in [0.15, 0.2) is 36.4 Å². The molecule has 0 spiro atoms. The van der Waals surface area contributed by atoms with Crippen LogP contribution in [0.2, 0.25) is 5.02 Å². The minimum atomic E-state index is 0.500.